The molecule has 2 atom stereocenters. The highest BCUT2D eigenvalue weighted by atomic mass is 79.9. The third kappa shape index (κ3) is 2.72. The molecule has 0 saturated heterocycles. The smallest absolute Gasteiger partial charge is 0.200 e. The molecule has 2 heterocycles. The molecule has 142 valence electrons. The molecule has 7 heteroatoms. The maximum absolute atomic E-state index is 9.79. The number of hydrogen-bond donors (Lipinski definition) is 1. The standard InChI is InChI=1S/C21H18BrN3O3/c1-10-6-13-16(25-10)5-4-12-18(14(9-23)21(24)28-19(12)13)11-7-15(22)20(27-3)17(8-11)26-2/h4-8,18-19H,24H2,1-3H3. The van der Waals surface area contributed by atoms with Gasteiger partial charge in [0.15, 0.2) is 17.4 Å². The fraction of sp³-hybridized carbons (Fsp3) is 0.238. The van der Waals surface area contributed by atoms with E-state index >= 15 is 0 Å². The Hall–Kier alpha value is -2.98. The van der Waals surface area contributed by atoms with Gasteiger partial charge in [0.1, 0.15) is 17.7 Å². The van der Waals surface area contributed by atoms with E-state index in [0.29, 0.717) is 17.1 Å². The fourth-order valence-corrected chi connectivity index (χ4v) is 4.45. The summed E-state index contributed by atoms with van der Waals surface area (Å²) >= 11 is 3.54. The summed E-state index contributed by atoms with van der Waals surface area (Å²) in [7, 11) is 3.16. The van der Waals surface area contributed by atoms with Gasteiger partial charge < -0.3 is 19.9 Å². The van der Waals surface area contributed by atoms with Crippen LogP contribution in [-0.4, -0.2) is 26.0 Å². The Morgan fingerprint density at radius 1 is 1.25 bits per heavy atom. The van der Waals surface area contributed by atoms with Crippen LogP contribution < -0.4 is 15.2 Å². The first-order valence-electron chi connectivity index (χ1n) is 8.65. The average molecular weight is 440 g/mol. The van der Waals surface area contributed by atoms with Gasteiger partial charge in [-0.15, -0.1) is 0 Å². The minimum atomic E-state index is -0.379. The van der Waals surface area contributed by atoms with Crippen LogP contribution in [0.4, 0.5) is 0 Å². The Bertz CT molecular complexity index is 1070. The van der Waals surface area contributed by atoms with E-state index < -0.39 is 0 Å². The number of nitriles is 1. The van der Waals surface area contributed by atoms with Gasteiger partial charge in [-0.25, -0.2) is 0 Å². The zero-order valence-electron chi connectivity index (χ0n) is 15.6. The van der Waals surface area contributed by atoms with E-state index in [-0.39, 0.29) is 17.9 Å². The summed E-state index contributed by atoms with van der Waals surface area (Å²) in [5, 5.41) is 9.79. The number of ether oxygens (including phenoxy) is 3. The molecule has 3 aliphatic rings. The summed E-state index contributed by atoms with van der Waals surface area (Å²) in [6.07, 6.45) is 5.54. The highest BCUT2D eigenvalue weighted by molar-refractivity contribution is 9.10. The summed E-state index contributed by atoms with van der Waals surface area (Å²) in [5.74, 6) is 0.928. The molecule has 1 aromatic rings. The van der Waals surface area contributed by atoms with E-state index in [4.69, 9.17) is 19.9 Å². The normalized spacial score (nSPS) is 22.7. The van der Waals surface area contributed by atoms with Crippen LogP contribution in [0.1, 0.15) is 18.4 Å². The molecule has 1 aliphatic carbocycles. The van der Waals surface area contributed by atoms with Crippen LogP contribution in [0, 0.1) is 11.3 Å². The van der Waals surface area contributed by atoms with Gasteiger partial charge in [-0.3, -0.25) is 4.99 Å². The molecule has 0 radical (unpaired) electrons. The first kappa shape index (κ1) is 18.4. The van der Waals surface area contributed by atoms with Crippen molar-refractivity contribution in [3.05, 3.63) is 68.7 Å². The lowest BCUT2D eigenvalue weighted by Gasteiger charge is -2.36. The van der Waals surface area contributed by atoms with Crippen molar-refractivity contribution < 1.29 is 14.2 Å². The van der Waals surface area contributed by atoms with Gasteiger partial charge in [0.2, 0.25) is 0 Å². The molecule has 0 bridgehead atoms. The minimum Gasteiger partial charge on any atom is -0.493 e. The third-order valence-electron chi connectivity index (χ3n) is 5.02. The van der Waals surface area contributed by atoms with E-state index in [0.717, 1.165) is 32.6 Å². The molecule has 6 nitrogen and oxygen atoms in total. The lowest BCUT2D eigenvalue weighted by atomic mass is 9.76. The maximum atomic E-state index is 9.79. The van der Waals surface area contributed by atoms with Gasteiger partial charge in [-0.2, -0.15) is 5.26 Å². The zero-order chi connectivity index (χ0) is 20.0. The van der Waals surface area contributed by atoms with Gasteiger partial charge in [-0.1, -0.05) is 6.08 Å². The number of rotatable bonds is 3. The topological polar surface area (TPSA) is 89.9 Å². The molecule has 4 rings (SSSR count). The summed E-state index contributed by atoms with van der Waals surface area (Å²) in [4.78, 5) is 4.52. The number of methoxy groups -OCH3 is 2. The second-order valence-electron chi connectivity index (χ2n) is 6.63. The molecular weight excluding hydrogens is 422 g/mol. The maximum Gasteiger partial charge on any atom is 0.200 e. The van der Waals surface area contributed by atoms with Gasteiger partial charge in [-0.05, 0) is 58.3 Å². The molecule has 28 heavy (non-hydrogen) atoms. The van der Waals surface area contributed by atoms with Crippen LogP contribution in [0.25, 0.3) is 0 Å². The molecule has 2 N–H and O–H groups in total. The first-order chi connectivity index (χ1) is 13.5. The van der Waals surface area contributed by atoms with Crippen LogP contribution in [0.5, 0.6) is 11.5 Å². The van der Waals surface area contributed by atoms with Gasteiger partial charge in [0, 0.05) is 17.2 Å². The number of nitrogens with two attached hydrogens (primary N) is 1. The number of aliphatic imine (C=N–C) groups is 1. The van der Waals surface area contributed by atoms with Crippen molar-refractivity contribution in [2.45, 2.75) is 18.9 Å². The van der Waals surface area contributed by atoms with E-state index in [9.17, 15) is 5.26 Å². The lowest BCUT2D eigenvalue weighted by Crippen LogP contribution is -2.33. The Labute approximate surface area is 171 Å². The van der Waals surface area contributed by atoms with Crippen molar-refractivity contribution in [2.75, 3.05) is 14.2 Å². The molecule has 0 amide bonds. The average Bonchev–Trinajstić information content (AvgIpc) is 3.07. The predicted molar refractivity (Wildman–Crippen MR) is 109 cm³/mol. The number of fused-ring (bicyclic) bond motifs is 3. The quantitative estimate of drug-likeness (QED) is 0.771. The molecule has 2 aliphatic heterocycles. The van der Waals surface area contributed by atoms with Gasteiger partial charge in [0.25, 0.3) is 0 Å². The van der Waals surface area contributed by atoms with Crippen LogP contribution in [0.15, 0.2) is 68.1 Å². The Balaban J connectivity index is 1.90. The summed E-state index contributed by atoms with van der Waals surface area (Å²) in [6.45, 7) is 1.94. The van der Waals surface area contributed by atoms with Crippen LogP contribution in [-0.2, 0) is 4.74 Å². The van der Waals surface area contributed by atoms with Crippen molar-refractivity contribution in [3.63, 3.8) is 0 Å². The van der Waals surface area contributed by atoms with Crippen molar-refractivity contribution >= 4 is 21.6 Å². The lowest BCUT2D eigenvalue weighted by molar-refractivity contribution is 0.151. The van der Waals surface area contributed by atoms with E-state index in [2.05, 4.69) is 27.0 Å². The third-order valence-corrected chi connectivity index (χ3v) is 5.61. The summed E-state index contributed by atoms with van der Waals surface area (Å²) < 4.78 is 17.6. The van der Waals surface area contributed by atoms with Crippen molar-refractivity contribution in [1.82, 2.24) is 0 Å². The highest BCUT2D eigenvalue weighted by Gasteiger charge is 2.41. The van der Waals surface area contributed by atoms with Crippen molar-refractivity contribution in [1.29, 1.82) is 5.26 Å². The zero-order valence-corrected chi connectivity index (χ0v) is 17.2. The number of nitrogens with zero attached hydrogens (tertiary/aromatic N) is 2. The highest BCUT2D eigenvalue weighted by Crippen LogP contribution is 2.48. The van der Waals surface area contributed by atoms with E-state index in [1.807, 2.05) is 37.3 Å². The molecule has 0 fully saturated rings. The van der Waals surface area contributed by atoms with Crippen molar-refractivity contribution in [2.24, 2.45) is 10.7 Å². The van der Waals surface area contributed by atoms with Gasteiger partial charge >= 0.3 is 0 Å². The van der Waals surface area contributed by atoms with Crippen molar-refractivity contribution in [3.8, 4) is 17.6 Å². The molecule has 1 aromatic carbocycles. The summed E-state index contributed by atoms with van der Waals surface area (Å²) in [6, 6.07) is 6.01. The van der Waals surface area contributed by atoms with Gasteiger partial charge in [0.05, 0.1) is 24.4 Å². The minimum absolute atomic E-state index is 0.132. The van der Waals surface area contributed by atoms with E-state index in [1.165, 1.54) is 0 Å². The Kier molecular flexibility index (Phi) is 4.52. The molecule has 2 unspecified atom stereocenters. The van der Waals surface area contributed by atoms with Crippen LogP contribution >= 0.6 is 15.9 Å². The van der Waals surface area contributed by atoms with E-state index in [1.54, 1.807) is 14.2 Å². The van der Waals surface area contributed by atoms with Crippen LogP contribution in [0.2, 0.25) is 0 Å². The Morgan fingerprint density at radius 2 is 2.04 bits per heavy atom. The largest absolute Gasteiger partial charge is 0.493 e. The molecule has 0 spiro atoms. The number of benzene rings is 1. The van der Waals surface area contributed by atoms with Crippen LogP contribution in [0.3, 0.4) is 0 Å². The molecular formula is C21H18BrN3O3. The second-order valence-corrected chi connectivity index (χ2v) is 7.48. The SMILES string of the molecule is COc1cc(C2C3=CC=C4N=C(C)C=C4C3OC(N)=C2C#N)cc(Br)c1OC. The molecule has 0 aromatic heterocycles. The monoisotopic (exact) mass is 439 g/mol. The second kappa shape index (κ2) is 6.88. The number of allylic oxidation sites excluding steroid dienone is 4. The Morgan fingerprint density at radius 3 is 2.71 bits per heavy atom. The summed E-state index contributed by atoms with van der Waals surface area (Å²) in [5.41, 5.74) is 11.1. The number of halogens is 1. The first-order valence-corrected chi connectivity index (χ1v) is 9.44. The molecule has 0 saturated carbocycles. The fourth-order valence-electron chi connectivity index (χ4n) is 3.83. The number of hydrogen-bond acceptors (Lipinski definition) is 6. The predicted octanol–water partition coefficient (Wildman–Crippen LogP) is 3.87.